The molecule has 3 heteroatoms. The van der Waals surface area contributed by atoms with E-state index in [1.54, 1.807) is 0 Å². The van der Waals surface area contributed by atoms with Gasteiger partial charge in [-0.1, -0.05) is 44.9 Å². The number of halogens is 1. The number of alkyl halides is 1. The van der Waals surface area contributed by atoms with Crippen LogP contribution in [-0.4, -0.2) is 43.0 Å². The van der Waals surface area contributed by atoms with E-state index in [9.17, 15) is 0 Å². The lowest BCUT2D eigenvalue weighted by molar-refractivity contribution is 0.0753. The molecule has 0 amide bonds. The van der Waals surface area contributed by atoms with E-state index in [0.717, 1.165) is 18.9 Å². The number of hydrogen-bond donors (Lipinski definition) is 1. The van der Waals surface area contributed by atoms with Gasteiger partial charge in [0.05, 0.1) is 5.38 Å². The van der Waals surface area contributed by atoms with Gasteiger partial charge in [-0.2, -0.15) is 0 Å². The highest BCUT2D eigenvalue weighted by Crippen LogP contribution is 2.41. The number of likely N-dealkylation sites (tertiary alicyclic amines) is 1. The van der Waals surface area contributed by atoms with Crippen molar-refractivity contribution in [3.8, 4) is 0 Å². The molecule has 1 saturated heterocycles. The van der Waals surface area contributed by atoms with Gasteiger partial charge in [-0.3, -0.25) is 0 Å². The largest absolute Gasteiger partial charge is 0.315 e. The Hall–Kier alpha value is -0.310. The van der Waals surface area contributed by atoms with Gasteiger partial charge in [0, 0.05) is 19.6 Å². The molecule has 0 aromatic heterocycles. The first kappa shape index (κ1) is 18.5. The number of piperidine rings is 1. The lowest BCUT2D eigenvalue weighted by Crippen LogP contribution is -2.48. The lowest BCUT2D eigenvalue weighted by Gasteiger charge is -2.45. The Kier molecular flexibility index (Phi) is 6.45. The van der Waals surface area contributed by atoms with E-state index in [-0.39, 0.29) is 5.38 Å². The van der Waals surface area contributed by atoms with Gasteiger partial charge >= 0.3 is 0 Å². The van der Waals surface area contributed by atoms with Crippen LogP contribution in [0.1, 0.15) is 52.4 Å². The molecule has 0 aromatic rings. The molecule has 2 fully saturated rings. The van der Waals surface area contributed by atoms with E-state index in [4.69, 9.17) is 11.6 Å². The van der Waals surface area contributed by atoms with E-state index < -0.39 is 0 Å². The first-order valence-electron chi connectivity index (χ1n) is 10.00. The van der Waals surface area contributed by atoms with E-state index in [1.807, 2.05) is 0 Å². The van der Waals surface area contributed by atoms with Crippen molar-refractivity contribution in [1.82, 2.24) is 10.2 Å². The molecule has 0 aromatic carbocycles. The Balaban J connectivity index is 1.42. The van der Waals surface area contributed by atoms with Crippen molar-refractivity contribution in [2.24, 2.45) is 17.3 Å². The van der Waals surface area contributed by atoms with Crippen molar-refractivity contribution < 1.29 is 0 Å². The van der Waals surface area contributed by atoms with Crippen LogP contribution in [-0.2, 0) is 0 Å². The quantitative estimate of drug-likeness (QED) is 0.556. The van der Waals surface area contributed by atoms with Crippen LogP contribution in [0, 0.1) is 17.3 Å². The minimum atomic E-state index is 0.197. The predicted molar refractivity (Wildman–Crippen MR) is 105 cm³/mol. The zero-order valence-corrected chi connectivity index (χ0v) is 16.3. The van der Waals surface area contributed by atoms with Gasteiger partial charge in [0.1, 0.15) is 0 Å². The van der Waals surface area contributed by atoms with Crippen molar-refractivity contribution in [3.63, 3.8) is 0 Å². The van der Waals surface area contributed by atoms with Crippen molar-refractivity contribution in [2.75, 3.05) is 32.7 Å². The average Bonchev–Trinajstić information content (AvgIpc) is 3.05. The summed E-state index contributed by atoms with van der Waals surface area (Å²) in [7, 11) is 0. The smallest absolute Gasteiger partial charge is 0.0553 e. The molecule has 1 saturated carbocycles. The second-order valence-electron chi connectivity index (χ2n) is 8.78. The molecule has 2 nitrogen and oxygen atoms in total. The maximum atomic E-state index is 6.19. The van der Waals surface area contributed by atoms with Crippen molar-refractivity contribution in [2.45, 2.75) is 57.7 Å². The first-order valence-corrected chi connectivity index (χ1v) is 10.4. The van der Waals surface area contributed by atoms with Crippen LogP contribution in [0.5, 0.6) is 0 Å². The SMILES string of the molecule is CC1(C)CN(CCNCC2CCCC2)CCC1C1=CCC(Cl)C=C1. The second-order valence-corrected chi connectivity index (χ2v) is 9.34. The van der Waals surface area contributed by atoms with Crippen molar-refractivity contribution >= 4 is 11.6 Å². The number of allylic oxidation sites excluding steroid dienone is 4. The Bertz CT molecular complexity index is 462. The number of nitrogens with one attached hydrogen (secondary N) is 1. The van der Waals surface area contributed by atoms with Crippen LogP contribution < -0.4 is 5.32 Å². The number of rotatable bonds is 6. The summed E-state index contributed by atoms with van der Waals surface area (Å²) in [5, 5.41) is 3.90. The summed E-state index contributed by atoms with van der Waals surface area (Å²) in [5.41, 5.74) is 1.87. The zero-order chi connectivity index (χ0) is 17.0. The summed E-state index contributed by atoms with van der Waals surface area (Å²) < 4.78 is 0. The lowest BCUT2D eigenvalue weighted by atomic mass is 9.69. The molecule has 0 bridgehead atoms. The molecular weight excluding hydrogens is 316 g/mol. The fraction of sp³-hybridized carbons (Fsp3) is 0.810. The second kappa shape index (κ2) is 8.38. The molecule has 0 radical (unpaired) electrons. The number of nitrogens with zero attached hydrogens (tertiary/aromatic N) is 1. The molecule has 3 rings (SSSR count). The predicted octanol–water partition coefficient (Wildman–Crippen LogP) is 4.61. The van der Waals surface area contributed by atoms with Crippen LogP contribution in [0.3, 0.4) is 0 Å². The van der Waals surface area contributed by atoms with Crippen LogP contribution in [0.2, 0.25) is 0 Å². The topological polar surface area (TPSA) is 15.3 Å². The average molecular weight is 351 g/mol. The van der Waals surface area contributed by atoms with Gasteiger partial charge in [0.2, 0.25) is 0 Å². The summed E-state index contributed by atoms with van der Waals surface area (Å²) in [5.74, 6) is 1.63. The molecule has 1 N–H and O–H groups in total. The third kappa shape index (κ3) is 4.86. The van der Waals surface area contributed by atoms with E-state index in [1.165, 1.54) is 63.9 Å². The van der Waals surface area contributed by atoms with Crippen LogP contribution in [0.15, 0.2) is 23.8 Å². The van der Waals surface area contributed by atoms with Gasteiger partial charge in [0.25, 0.3) is 0 Å². The summed E-state index contributed by atoms with van der Waals surface area (Å²) in [6, 6.07) is 0. The van der Waals surface area contributed by atoms with E-state index >= 15 is 0 Å². The Morgan fingerprint density at radius 1 is 1.25 bits per heavy atom. The van der Waals surface area contributed by atoms with Crippen molar-refractivity contribution in [3.05, 3.63) is 23.8 Å². The molecule has 3 aliphatic rings. The molecule has 136 valence electrons. The summed E-state index contributed by atoms with van der Waals surface area (Å²) in [6.07, 6.45) is 14.9. The van der Waals surface area contributed by atoms with E-state index in [2.05, 4.69) is 42.3 Å². The highest BCUT2D eigenvalue weighted by atomic mass is 35.5. The van der Waals surface area contributed by atoms with Gasteiger partial charge < -0.3 is 10.2 Å². The van der Waals surface area contributed by atoms with E-state index in [0.29, 0.717) is 11.3 Å². The fourth-order valence-electron chi connectivity index (χ4n) is 4.90. The third-order valence-electron chi connectivity index (χ3n) is 6.30. The maximum Gasteiger partial charge on any atom is 0.0553 e. The summed E-state index contributed by atoms with van der Waals surface area (Å²) in [6.45, 7) is 10.9. The molecule has 1 heterocycles. The van der Waals surface area contributed by atoms with Gasteiger partial charge in [-0.05, 0) is 61.6 Å². The summed E-state index contributed by atoms with van der Waals surface area (Å²) >= 11 is 6.19. The third-order valence-corrected chi connectivity index (χ3v) is 6.62. The molecular formula is C21H35ClN2. The van der Waals surface area contributed by atoms with Gasteiger partial charge in [0.15, 0.2) is 0 Å². The van der Waals surface area contributed by atoms with Crippen LogP contribution in [0.25, 0.3) is 0 Å². The molecule has 2 atom stereocenters. The highest BCUT2D eigenvalue weighted by Gasteiger charge is 2.37. The Morgan fingerprint density at radius 2 is 2.04 bits per heavy atom. The monoisotopic (exact) mass is 350 g/mol. The van der Waals surface area contributed by atoms with Gasteiger partial charge in [-0.15, -0.1) is 11.6 Å². The molecule has 2 unspecified atom stereocenters. The minimum absolute atomic E-state index is 0.197. The Morgan fingerprint density at radius 3 is 2.71 bits per heavy atom. The van der Waals surface area contributed by atoms with Gasteiger partial charge in [-0.25, -0.2) is 0 Å². The first-order chi connectivity index (χ1) is 11.5. The Labute approximate surface area is 153 Å². The molecule has 0 spiro atoms. The molecule has 24 heavy (non-hydrogen) atoms. The van der Waals surface area contributed by atoms with Crippen LogP contribution in [0.4, 0.5) is 0 Å². The summed E-state index contributed by atoms with van der Waals surface area (Å²) in [4.78, 5) is 2.66. The maximum absolute atomic E-state index is 6.19. The number of hydrogen-bond acceptors (Lipinski definition) is 2. The molecule has 2 aliphatic carbocycles. The molecule has 1 aliphatic heterocycles. The fourth-order valence-corrected chi connectivity index (χ4v) is 5.07. The minimum Gasteiger partial charge on any atom is -0.315 e. The van der Waals surface area contributed by atoms with Crippen molar-refractivity contribution in [1.29, 1.82) is 0 Å². The standard InChI is InChI=1S/C21H35ClN2/c1-21(2)16-24(14-12-23-15-17-5-3-4-6-17)13-11-20(21)18-7-9-19(22)10-8-18/h7-9,17,19-20,23H,3-6,10-16H2,1-2H3. The zero-order valence-electron chi connectivity index (χ0n) is 15.6. The normalized spacial score (nSPS) is 31.4. The highest BCUT2D eigenvalue weighted by molar-refractivity contribution is 6.22. The van der Waals surface area contributed by atoms with Crippen LogP contribution >= 0.6 is 11.6 Å².